The van der Waals surface area contributed by atoms with Gasteiger partial charge < -0.3 is 5.32 Å². The Balaban J connectivity index is 2.15. The molecule has 1 N–H and O–H groups in total. The zero-order valence-corrected chi connectivity index (χ0v) is 10.5. The normalized spacial score (nSPS) is 13.1. The maximum absolute atomic E-state index is 4.07. The van der Waals surface area contributed by atoms with E-state index in [2.05, 4.69) is 29.4 Å². The number of rotatable bonds is 6. The molecule has 0 bridgehead atoms. The van der Waals surface area contributed by atoms with E-state index in [1.807, 2.05) is 6.92 Å². The van der Waals surface area contributed by atoms with Crippen LogP contribution in [-0.2, 0) is 0 Å². The van der Waals surface area contributed by atoms with Crippen LogP contribution in [0.15, 0.2) is 4.34 Å². The highest BCUT2D eigenvalue weighted by Crippen LogP contribution is 2.22. The van der Waals surface area contributed by atoms with Gasteiger partial charge in [-0.15, -0.1) is 10.2 Å². The fraction of sp³-hybridized carbons (Fsp3) is 0.778. The van der Waals surface area contributed by atoms with E-state index in [4.69, 9.17) is 0 Å². The molecule has 0 saturated carbocycles. The summed E-state index contributed by atoms with van der Waals surface area (Å²) in [5.41, 5.74) is 0. The molecular weight excluding hydrogens is 214 g/mol. The Labute approximate surface area is 93.7 Å². The van der Waals surface area contributed by atoms with Crippen molar-refractivity contribution in [3.05, 3.63) is 5.01 Å². The van der Waals surface area contributed by atoms with E-state index in [-0.39, 0.29) is 0 Å². The summed E-state index contributed by atoms with van der Waals surface area (Å²) in [6, 6.07) is 0.599. The molecule has 0 aliphatic rings. The molecule has 1 rings (SSSR count). The summed E-state index contributed by atoms with van der Waals surface area (Å²) in [7, 11) is 0. The number of nitrogens with one attached hydrogen (secondary N) is 1. The largest absolute Gasteiger partial charge is 0.315 e. The van der Waals surface area contributed by atoms with Crippen molar-refractivity contribution in [2.45, 2.75) is 37.6 Å². The Kier molecular flexibility index (Phi) is 5.44. The van der Waals surface area contributed by atoms with Crippen molar-refractivity contribution >= 4 is 23.1 Å². The second-order valence-corrected chi connectivity index (χ2v) is 5.71. The highest BCUT2D eigenvalue weighted by atomic mass is 32.2. The first-order chi connectivity index (χ1) is 6.72. The Morgan fingerprint density at radius 1 is 1.50 bits per heavy atom. The number of hydrogen-bond acceptors (Lipinski definition) is 5. The number of thioether (sulfide) groups is 1. The fourth-order valence-electron chi connectivity index (χ4n) is 1.11. The van der Waals surface area contributed by atoms with Gasteiger partial charge in [0.1, 0.15) is 5.01 Å². The molecule has 5 heteroatoms. The van der Waals surface area contributed by atoms with E-state index in [1.54, 1.807) is 23.1 Å². The van der Waals surface area contributed by atoms with Gasteiger partial charge in [0.25, 0.3) is 0 Å². The Morgan fingerprint density at radius 2 is 2.29 bits per heavy atom. The Hall–Kier alpha value is -0.130. The number of hydrogen-bond donors (Lipinski definition) is 1. The topological polar surface area (TPSA) is 37.8 Å². The summed E-state index contributed by atoms with van der Waals surface area (Å²) in [5.74, 6) is 1.11. The van der Waals surface area contributed by atoms with Gasteiger partial charge in [0, 0.05) is 11.8 Å². The van der Waals surface area contributed by atoms with Crippen LogP contribution in [0.2, 0.25) is 0 Å². The molecule has 1 aromatic heterocycles. The first-order valence-electron chi connectivity index (χ1n) is 4.88. The Morgan fingerprint density at radius 3 is 2.86 bits per heavy atom. The van der Waals surface area contributed by atoms with Gasteiger partial charge in [0.15, 0.2) is 4.34 Å². The number of nitrogens with zero attached hydrogens (tertiary/aromatic N) is 2. The van der Waals surface area contributed by atoms with Crippen LogP contribution in [0.5, 0.6) is 0 Å². The highest BCUT2D eigenvalue weighted by molar-refractivity contribution is 8.01. The van der Waals surface area contributed by atoms with Crippen molar-refractivity contribution in [3.63, 3.8) is 0 Å². The zero-order chi connectivity index (χ0) is 10.4. The van der Waals surface area contributed by atoms with Crippen LogP contribution in [0.3, 0.4) is 0 Å². The molecule has 0 aliphatic heterocycles. The molecule has 0 radical (unpaired) electrons. The van der Waals surface area contributed by atoms with Crippen molar-refractivity contribution in [3.8, 4) is 0 Å². The lowest BCUT2D eigenvalue weighted by Crippen LogP contribution is -2.25. The highest BCUT2D eigenvalue weighted by Gasteiger charge is 2.03. The first-order valence-corrected chi connectivity index (χ1v) is 6.69. The summed E-state index contributed by atoms with van der Waals surface area (Å²) < 4.78 is 1.09. The summed E-state index contributed by atoms with van der Waals surface area (Å²) in [5, 5.41) is 12.5. The van der Waals surface area contributed by atoms with Gasteiger partial charge in [0.2, 0.25) is 0 Å². The van der Waals surface area contributed by atoms with Crippen molar-refractivity contribution < 1.29 is 0 Å². The number of aryl methyl sites for hydroxylation is 1. The molecule has 1 heterocycles. The minimum Gasteiger partial charge on any atom is -0.315 e. The van der Waals surface area contributed by atoms with Gasteiger partial charge in [-0.25, -0.2) is 0 Å². The third-order valence-electron chi connectivity index (χ3n) is 1.84. The monoisotopic (exact) mass is 231 g/mol. The van der Waals surface area contributed by atoms with E-state index >= 15 is 0 Å². The fourth-order valence-corrected chi connectivity index (χ4v) is 3.12. The van der Waals surface area contributed by atoms with Gasteiger partial charge in [-0.3, -0.25) is 0 Å². The quantitative estimate of drug-likeness (QED) is 0.763. The van der Waals surface area contributed by atoms with Crippen molar-refractivity contribution in [2.24, 2.45) is 0 Å². The molecule has 3 nitrogen and oxygen atoms in total. The number of aromatic nitrogens is 2. The van der Waals surface area contributed by atoms with E-state index in [0.29, 0.717) is 6.04 Å². The van der Waals surface area contributed by atoms with Crippen molar-refractivity contribution in [1.82, 2.24) is 15.5 Å². The van der Waals surface area contributed by atoms with Crippen LogP contribution < -0.4 is 5.32 Å². The lowest BCUT2D eigenvalue weighted by atomic mass is 10.3. The maximum atomic E-state index is 4.07. The van der Waals surface area contributed by atoms with Crippen LogP contribution >= 0.6 is 23.1 Å². The molecule has 0 amide bonds. The minimum absolute atomic E-state index is 0.599. The Bertz CT molecular complexity index is 262. The third kappa shape index (κ3) is 4.39. The molecule has 1 unspecified atom stereocenters. The average Bonchev–Trinajstić information content (AvgIpc) is 2.52. The summed E-state index contributed by atoms with van der Waals surface area (Å²) in [6.45, 7) is 7.39. The second-order valence-electron chi connectivity index (χ2n) is 3.18. The van der Waals surface area contributed by atoms with Crippen LogP contribution in [0.1, 0.15) is 25.3 Å². The SMILES string of the molecule is CCNC(C)CCSc1nnc(C)s1. The molecule has 1 aromatic rings. The minimum atomic E-state index is 0.599. The standard InChI is InChI=1S/C9H17N3S2/c1-4-10-7(2)5-6-13-9-12-11-8(3)14-9/h7,10H,4-6H2,1-3H3. The third-order valence-corrected chi connectivity index (χ3v) is 3.84. The van der Waals surface area contributed by atoms with Gasteiger partial charge in [-0.2, -0.15) is 0 Å². The molecule has 0 aliphatic carbocycles. The molecule has 0 fully saturated rings. The van der Waals surface area contributed by atoms with E-state index in [1.165, 1.54) is 6.42 Å². The van der Waals surface area contributed by atoms with Gasteiger partial charge >= 0.3 is 0 Å². The lowest BCUT2D eigenvalue weighted by molar-refractivity contribution is 0.556. The smallest absolute Gasteiger partial charge is 0.174 e. The molecule has 0 aromatic carbocycles. The van der Waals surface area contributed by atoms with Gasteiger partial charge in [-0.1, -0.05) is 30.0 Å². The molecule has 80 valence electrons. The predicted molar refractivity (Wildman–Crippen MR) is 63.1 cm³/mol. The van der Waals surface area contributed by atoms with Crippen LogP contribution in [0, 0.1) is 6.92 Å². The summed E-state index contributed by atoms with van der Waals surface area (Å²) in [6.07, 6.45) is 1.18. The van der Waals surface area contributed by atoms with Crippen LogP contribution in [0.25, 0.3) is 0 Å². The molecule has 0 spiro atoms. The predicted octanol–water partition coefficient (Wildman–Crippen LogP) is 2.33. The van der Waals surface area contributed by atoms with Crippen LogP contribution in [0.4, 0.5) is 0 Å². The van der Waals surface area contributed by atoms with E-state index < -0.39 is 0 Å². The zero-order valence-electron chi connectivity index (χ0n) is 8.91. The molecule has 0 saturated heterocycles. The summed E-state index contributed by atoms with van der Waals surface area (Å²) in [4.78, 5) is 0. The van der Waals surface area contributed by atoms with Crippen molar-refractivity contribution in [2.75, 3.05) is 12.3 Å². The molecular formula is C9H17N3S2. The van der Waals surface area contributed by atoms with Gasteiger partial charge in [-0.05, 0) is 26.8 Å². The maximum Gasteiger partial charge on any atom is 0.174 e. The summed E-state index contributed by atoms with van der Waals surface area (Å²) >= 11 is 3.47. The molecule has 14 heavy (non-hydrogen) atoms. The van der Waals surface area contributed by atoms with E-state index in [0.717, 1.165) is 21.6 Å². The van der Waals surface area contributed by atoms with Gasteiger partial charge in [0.05, 0.1) is 0 Å². The van der Waals surface area contributed by atoms with Crippen LogP contribution in [-0.4, -0.2) is 28.5 Å². The lowest BCUT2D eigenvalue weighted by Gasteiger charge is -2.10. The van der Waals surface area contributed by atoms with E-state index in [9.17, 15) is 0 Å². The second kappa shape index (κ2) is 6.37. The first kappa shape index (κ1) is 11.9. The average molecular weight is 231 g/mol. The molecule has 1 atom stereocenters. The van der Waals surface area contributed by atoms with Crippen molar-refractivity contribution in [1.29, 1.82) is 0 Å².